The molecular formula is C14H21F2NO. The van der Waals surface area contributed by atoms with Crippen LogP contribution in [0.5, 0.6) is 0 Å². The van der Waals surface area contributed by atoms with E-state index in [2.05, 4.69) is 12.2 Å². The van der Waals surface area contributed by atoms with Crippen LogP contribution in [0.25, 0.3) is 0 Å². The Hall–Kier alpha value is -1.00. The summed E-state index contributed by atoms with van der Waals surface area (Å²) in [5.41, 5.74) is 0.738. The minimum Gasteiger partial charge on any atom is -0.380 e. The van der Waals surface area contributed by atoms with Gasteiger partial charge in [-0.05, 0) is 31.0 Å². The van der Waals surface area contributed by atoms with Crippen molar-refractivity contribution in [3.8, 4) is 0 Å². The first-order valence-electron chi connectivity index (χ1n) is 6.41. The van der Waals surface area contributed by atoms with Gasteiger partial charge >= 0.3 is 0 Å². The van der Waals surface area contributed by atoms with E-state index in [1.165, 1.54) is 6.07 Å². The van der Waals surface area contributed by atoms with Crippen LogP contribution in [0.3, 0.4) is 0 Å². The molecule has 0 amide bonds. The SMILES string of the molecule is CCCCOCCNC(C)c1ccc(F)c(F)c1. The van der Waals surface area contributed by atoms with Crippen LogP contribution in [-0.2, 0) is 4.74 Å². The second kappa shape index (κ2) is 8.16. The highest BCUT2D eigenvalue weighted by Gasteiger charge is 2.08. The highest BCUT2D eigenvalue weighted by atomic mass is 19.2. The fraction of sp³-hybridized carbons (Fsp3) is 0.571. The lowest BCUT2D eigenvalue weighted by molar-refractivity contribution is 0.131. The molecule has 0 heterocycles. The molecule has 2 nitrogen and oxygen atoms in total. The fourth-order valence-corrected chi connectivity index (χ4v) is 1.60. The molecule has 0 spiro atoms. The van der Waals surface area contributed by atoms with E-state index >= 15 is 0 Å². The smallest absolute Gasteiger partial charge is 0.159 e. The molecule has 0 radical (unpaired) electrons. The van der Waals surface area contributed by atoms with Gasteiger partial charge in [0.2, 0.25) is 0 Å². The van der Waals surface area contributed by atoms with E-state index < -0.39 is 11.6 Å². The molecule has 0 aliphatic rings. The van der Waals surface area contributed by atoms with E-state index in [1.54, 1.807) is 6.07 Å². The molecule has 0 aliphatic heterocycles. The van der Waals surface area contributed by atoms with E-state index in [4.69, 9.17) is 4.74 Å². The molecule has 18 heavy (non-hydrogen) atoms. The topological polar surface area (TPSA) is 21.3 Å². The summed E-state index contributed by atoms with van der Waals surface area (Å²) in [7, 11) is 0. The third-order valence-corrected chi connectivity index (χ3v) is 2.78. The zero-order chi connectivity index (χ0) is 13.4. The predicted molar refractivity (Wildman–Crippen MR) is 68.5 cm³/mol. The summed E-state index contributed by atoms with van der Waals surface area (Å²) in [6, 6.07) is 3.95. The lowest BCUT2D eigenvalue weighted by atomic mass is 10.1. The molecule has 0 bridgehead atoms. The molecule has 0 aromatic heterocycles. The maximum Gasteiger partial charge on any atom is 0.159 e. The van der Waals surface area contributed by atoms with Gasteiger partial charge in [-0.15, -0.1) is 0 Å². The largest absolute Gasteiger partial charge is 0.380 e. The molecule has 1 unspecified atom stereocenters. The Labute approximate surface area is 107 Å². The Morgan fingerprint density at radius 1 is 1.22 bits per heavy atom. The first-order valence-corrected chi connectivity index (χ1v) is 6.41. The molecule has 4 heteroatoms. The minimum atomic E-state index is -0.811. The molecule has 1 atom stereocenters. The number of unbranched alkanes of at least 4 members (excludes halogenated alkanes) is 1. The van der Waals surface area contributed by atoms with E-state index in [0.29, 0.717) is 13.2 Å². The lowest BCUT2D eigenvalue weighted by Crippen LogP contribution is -2.23. The Balaban J connectivity index is 2.27. The van der Waals surface area contributed by atoms with Gasteiger partial charge in [0.15, 0.2) is 11.6 Å². The number of benzene rings is 1. The number of halogens is 2. The Morgan fingerprint density at radius 3 is 2.67 bits per heavy atom. The average molecular weight is 257 g/mol. The zero-order valence-electron chi connectivity index (χ0n) is 11.0. The van der Waals surface area contributed by atoms with Crippen LogP contribution in [0.15, 0.2) is 18.2 Å². The normalized spacial score (nSPS) is 12.7. The minimum absolute atomic E-state index is 0.0186. The van der Waals surface area contributed by atoms with Crippen molar-refractivity contribution in [2.45, 2.75) is 32.7 Å². The van der Waals surface area contributed by atoms with E-state index in [-0.39, 0.29) is 6.04 Å². The second-order valence-corrected chi connectivity index (χ2v) is 4.32. The average Bonchev–Trinajstić information content (AvgIpc) is 2.36. The van der Waals surface area contributed by atoms with Crippen LogP contribution >= 0.6 is 0 Å². The van der Waals surface area contributed by atoms with Crippen molar-refractivity contribution in [3.05, 3.63) is 35.4 Å². The Kier molecular flexibility index (Phi) is 6.83. The third kappa shape index (κ3) is 5.10. The van der Waals surface area contributed by atoms with Gasteiger partial charge in [-0.2, -0.15) is 0 Å². The van der Waals surface area contributed by atoms with Crippen molar-refractivity contribution >= 4 is 0 Å². The van der Waals surface area contributed by atoms with Crippen molar-refractivity contribution in [1.29, 1.82) is 0 Å². The van der Waals surface area contributed by atoms with Gasteiger partial charge in [-0.25, -0.2) is 8.78 Å². The highest BCUT2D eigenvalue weighted by Crippen LogP contribution is 2.15. The van der Waals surface area contributed by atoms with E-state index in [1.807, 2.05) is 6.92 Å². The Bertz CT molecular complexity index is 358. The maximum atomic E-state index is 13.0. The van der Waals surface area contributed by atoms with Gasteiger partial charge in [0, 0.05) is 19.2 Å². The van der Waals surface area contributed by atoms with Crippen LogP contribution in [0.2, 0.25) is 0 Å². The van der Waals surface area contributed by atoms with E-state index in [9.17, 15) is 8.78 Å². The second-order valence-electron chi connectivity index (χ2n) is 4.32. The molecular weight excluding hydrogens is 236 g/mol. The molecule has 0 fully saturated rings. The highest BCUT2D eigenvalue weighted by molar-refractivity contribution is 5.20. The predicted octanol–water partition coefficient (Wildman–Crippen LogP) is 3.43. The molecule has 1 aromatic carbocycles. The first kappa shape index (κ1) is 15.1. The van der Waals surface area contributed by atoms with Crippen molar-refractivity contribution < 1.29 is 13.5 Å². The maximum absolute atomic E-state index is 13.0. The van der Waals surface area contributed by atoms with Crippen LogP contribution in [0, 0.1) is 11.6 Å². The molecule has 0 saturated heterocycles. The van der Waals surface area contributed by atoms with Crippen LogP contribution < -0.4 is 5.32 Å². The fourth-order valence-electron chi connectivity index (χ4n) is 1.60. The summed E-state index contributed by atoms with van der Waals surface area (Å²) < 4.78 is 31.2. The van der Waals surface area contributed by atoms with Gasteiger partial charge in [0.05, 0.1) is 6.61 Å². The lowest BCUT2D eigenvalue weighted by Gasteiger charge is -2.14. The molecule has 0 saturated carbocycles. The third-order valence-electron chi connectivity index (χ3n) is 2.78. The van der Waals surface area contributed by atoms with Crippen LogP contribution in [0.4, 0.5) is 8.78 Å². The van der Waals surface area contributed by atoms with E-state index in [0.717, 1.165) is 31.1 Å². The number of ether oxygens (including phenoxy) is 1. The quantitative estimate of drug-likeness (QED) is 0.720. The van der Waals surface area contributed by atoms with Crippen molar-refractivity contribution in [3.63, 3.8) is 0 Å². The molecule has 102 valence electrons. The number of nitrogens with one attached hydrogen (secondary N) is 1. The summed E-state index contributed by atoms with van der Waals surface area (Å²) in [6.07, 6.45) is 2.19. The van der Waals surface area contributed by atoms with Gasteiger partial charge in [-0.3, -0.25) is 0 Å². The van der Waals surface area contributed by atoms with Crippen molar-refractivity contribution in [1.82, 2.24) is 5.32 Å². The molecule has 1 rings (SSSR count). The van der Waals surface area contributed by atoms with Gasteiger partial charge in [-0.1, -0.05) is 19.4 Å². The summed E-state index contributed by atoms with van der Waals surface area (Å²) >= 11 is 0. The molecule has 0 aliphatic carbocycles. The monoisotopic (exact) mass is 257 g/mol. The molecule has 1 N–H and O–H groups in total. The summed E-state index contributed by atoms with van der Waals surface area (Å²) in [5.74, 6) is -1.62. The van der Waals surface area contributed by atoms with Crippen LogP contribution in [0.1, 0.15) is 38.3 Å². The standard InChI is InChI=1S/C14H21F2NO/c1-3-4-8-18-9-7-17-11(2)12-5-6-13(15)14(16)10-12/h5-6,10-11,17H,3-4,7-9H2,1-2H3. The number of hydrogen-bond donors (Lipinski definition) is 1. The van der Waals surface area contributed by atoms with Crippen molar-refractivity contribution in [2.75, 3.05) is 19.8 Å². The Morgan fingerprint density at radius 2 is 2.00 bits per heavy atom. The summed E-state index contributed by atoms with van der Waals surface area (Å²) in [5, 5.41) is 3.21. The van der Waals surface area contributed by atoms with Gasteiger partial charge < -0.3 is 10.1 Å². The molecule has 1 aromatic rings. The zero-order valence-corrected chi connectivity index (χ0v) is 11.0. The van der Waals surface area contributed by atoms with Crippen molar-refractivity contribution in [2.24, 2.45) is 0 Å². The number of rotatable bonds is 8. The first-order chi connectivity index (χ1) is 8.65. The summed E-state index contributed by atoms with van der Waals surface area (Å²) in [6.45, 7) is 6.14. The van der Waals surface area contributed by atoms with Crippen LogP contribution in [-0.4, -0.2) is 19.8 Å². The van der Waals surface area contributed by atoms with Gasteiger partial charge in [0.1, 0.15) is 0 Å². The number of hydrogen-bond acceptors (Lipinski definition) is 2. The van der Waals surface area contributed by atoms with Gasteiger partial charge in [0.25, 0.3) is 0 Å². The summed E-state index contributed by atoms with van der Waals surface area (Å²) in [4.78, 5) is 0.